The maximum Gasteiger partial charge on any atom is 0.538 e. The lowest BCUT2D eigenvalue weighted by Crippen LogP contribution is -2.61. The van der Waals surface area contributed by atoms with Crippen molar-refractivity contribution >= 4 is 14.0 Å². The highest BCUT2D eigenvalue weighted by Crippen LogP contribution is 2.20. The standard InChI is InChI=1S/C18H34N2O3Si/c1-13(2)21-24(22-14(3)4,23-15(5)6)18-11-9-8-10-17(18)12-20-16(7)19/h8-11,13-16,20H,12,19H2,1-7H3. The molecule has 0 aromatic heterocycles. The summed E-state index contributed by atoms with van der Waals surface area (Å²) in [6, 6.07) is 8.14. The molecule has 138 valence electrons. The van der Waals surface area contributed by atoms with Crippen LogP contribution in [0.15, 0.2) is 24.3 Å². The molecule has 0 bridgehead atoms. The van der Waals surface area contributed by atoms with E-state index in [0.717, 1.165) is 10.8 Å². The Balaban J connectivity index is 3.35. The van der Waals surface area contributed by atoms with E-state index in [4.69, 9.17) is 19.0 Å². The number of hydrogen-bond acceptors (Lipinski definition) is 5. The molecule has 6 heteroatoms. The van der Waals surface area contributed by atoms with Gasteiger partial charge in [0, 0.05) is 30.0 Å². The molecule has 0 fully saturated rings. The fraction of sp³-hybridized carbons (Fsp3) is 0.667. The molecule has 0 spiro atoms. The molecule has 1 atom stereocenters. The van der Waals surface area contributed by atoms with Crippen molar-refractivity contribution in [1.82, 2.24) is 5.32 Å². The van der Waals surface area contributed by atoms with Crippen molar-refractivity contribution in [2.75, 3.05) is 0 Å². The lowest BCUT2D eigenvalue weighted by atomic mass is 10.2. The highest BCUT2D eigenvalue weighted by molar-refractivity contribution is 6.76. The van der Waals surface area contributed by atoms with Crippen LogP contribution in [0.4, 0.5) is 0 Å². The molecule has 0 radical (unpaired) electrons. The van der Waals surface area contributed by atoms with Crippen LogP contribution in [0.2, 0.25) is 0 Å². The first kappa shape index (κ1) is 21.3. The van der Waals surface area contributed by atoms with E-state index < -0.39 is 8.80 Å². The second kappa shape index (κ2) is 9.65. The van der Waals surface area contributed by atoms with Crippen LogP contribution in [0.5, 0.6) is 0 Å². The van der Waals surface area contributed by atoms with Gasteiger partial charge >= 0.3 is 8.80 Å². The number of nitrogens with one attached hydrogen (secondary N) is 1. The van der Waals surface area contributed by atoms with Crippen LogP contribution in [0.25, 0.3) is 0 Å². The topological polar surface area (TPSA) is 65.7 Å². The van der Waals surface area contributed by atoms with Gasteiger partial charge < -0.3 is 19.0 Å². The molecule has 1 aromatic carbocycles. The normalized spacial score (nSPS) is 14.0. The summed E-state index contributed by atoms with van der Waals surface area (Å²) < 4.78 is 19.0. The van der Waals surface area contributed by atoms with E-state index in [2.05, 4.69) is 17.4 Å². The molecule has 1 unspecified atom stereocenters. The minimum Gasteiger partial charge on any atom is -0.367 e. The third-order valence-electron chi connectivity index (χ3n) is 3.13. The SMILES string of the molecule is CC(N)NCc1ccccc1[Si](OC(C)C)(OC(C)C)OC(C)C. The molecule has 1 rings (SSSR count). The van der Waals surface area contributed by atoms with Gasteiger partial charge in [-0.1, -0.05) is 24.3 Å². The van der Waals surface area contributed by atoms with Crippen molar-refractivity contribution in [1.29, 1.82) is 0 Å². The Morgan fingerprint density at radius 3 is 1.75 bits per heavy atom. The lowest BCUT2D eigenvalue weighted by molar-refractivity contribution is 0.0152. The monoisotopic (exact) mass is 354 g/mol. The third kappa shape index (κ3) is 6.62. The van der Waals surface area contributed by atoms with Gasteiger partial charge in [-0.3, -0.25) is 5.32 Å². The number of benzene rings is 1. The first-order valence-electron chi connectivity index (χ1n) is 8.77. The van der Waals surface area contributed by atoms with Gasteiger partial charge in [0.05, 0.1) is 6.17 Å². The van der Waals surface area contributed by atoms with Crippen LogP contribution in [0, 0.1) is 0 Å². The van der Waals surface area contributed by atoms with Crippen LogP contribution in [-0.2, 0) is 19.8 Å². The van der Waals surface area contributed by atoms with Gasteiger partial charge in [-0.05, 0) is 54.0 Å². The second-order valence-electron chi connectivity index (χ2n) is 6.88. The summed E-state index contributed by atoms with van der Waals surface area (Å²) in [5.74, 6) is 0. The van der Waals surface area contributed by atoms with Crippen molar-refractivity contribution in [3.05, 3.63) is 29.8 Å². The Bertz CT molecular complexity index is 466. The predicted molar refractivity (Wildman–Crippen MR) is 101 cm³/mol. The average Bonchev–Trinajstić information content (AvgIpc) is 2.43. The summed E-state index contributed by atoms with van der Waals surface area (Å²) in [4.78, 5) is 0. The van der Waals surface area contributed by atoms with Gasteiger partial charge in [0.2, 0.25) is 0 Å². The second-order valence-corrected chi connectivity index (χ2v) is 9.24. The van der Waals surface area contributed by atoms with E-state index in [1.807, 2.05) is 60.6 Å². The zero-order valence-electron chi connectivity index (χ0n) is 16.1. The van der Waals surface area contributed by atoms with E-state index >= 15 is 0 Å². The van der Waals surface area contributed by atoms with Crippen molar-refractivity contribution in [2.45, 2.75) is 79.5 Å². The smallest absolute Gasteiger partial charge is 0.367 e. The van der Waals surface area contributed by atoms with Crippen LogP contribution < -0.4 is 16.2 Å². The summed E-state index contributed by atoms with van der Waals surface area (Å²) in [7, 11) is -3.06. The molecular weight excluding hydrogens is 320 g/mol. The molecule has 5 nitrogen and oxygen atoms in total. The first-order valence-corrected chi connectivity index (χ1v) is 10.5. The Morgan fingerprint density at radius 2 is 1.33 bits per heavy atom. The van der Waals surface area contributed by atoms with E-state index in [9.17, 15) is 0 Å². The van der Waals surface area contributed by atoms with E-state index in [1.54, 1.807) is 0 Å². The number of hydrogen-bond donors (Lipinski definition) is 2. The van der Waals surface area contributed by atoms with Crippen molar-refractivity contribution in [3.8, 4) is 0 Å². The molecule has 0 aliphatic carbocycles. The summed E-state index contributed by atoms with van der Waals surface area (Å²) in [6.45, 7) is 14.6. The van der Waals surface area contributed by atoms with Crippen molar-refractivity contribution in [2.24, 2.45) is 5.73 Å². The largest absolute Gasteiger partial charge is 0.538 e. The lowest BCUT2D eigenvalue weighted by Gasteiger charge is -2.35. The predicted octanol–water partition coefficient (Wildman–Crippen LogP) is 2.50. The number of nitrogens with two attached hydrogens (primary N) is 1. The first-order chi connectivity index (χ1) is 11.2. The van der Waals surface area contributed by atoms with Gasteiger partial charge in [-0.15, -0.1) is 0 Å². The molecule has 3 N–H and O–H groups in total. The van der Waals surface area contributed by atoms with Crippen LogP contribution >= 0.6 is 0 Å². The molecule has 0 heterocycles. The third-order valence-corrected chi connectivity index (χ3v) is 6.63. The van der Waals surface area contributed by atoms with Gasteiger partial charge in [0.15, 0.2) is 0 Å². The highest BCUT2D eigenvalue weighted by atomic mass is 28.4. The van der Waals surface area contributed by atoms with Gasteiger partial charge in [0.1, 0.15) is 0 Å². The van der Waals surface area contributed by atoms with Gasteiger partial charge in [-0.2, -0.15) is 0 Å². The van der Waals surface area contributed by atoms with Crippen LogP contribution in [-0.4, -0.2) is 33.3 Å². The molecule has 0 aliphatic rings. The molecule has 1 aromatic rings. The highest BCUT2D eigenvalue weighted by Gasteiger charge is 2.48. The Labute approximate surface area is 148 Å². The molecule has 0 amide bonds. The quantitative estimate of drug-likeness (QED) is 0.499. The van der Waals surface area contributed by atoms with Gasteiger partial charge in [0.25, 0.3) is 0 Å². The van der Waals surface area contributed by atoms with E-state index in [-0.39, 0.29) is 24.5 Å². The minimum absolute atomic E-state index is 0.00335. The van der Waals surface area contributed by atoms with E-state index in [1.165, 1.54) is 0 Å². The molecule has 24 heavy (non-hydrogen) atoms. The fourth-order valence-electron chi connectivity index (χ4n) is 2.45. The number of rotatable bonds is 10. The molecule has 0 saturated carbocycles. The van der Waals surface area contributed by atoms with Crippen LogP contribution in [0.1, 0.15) is 54.0 Å². The maximum atomic E-state index is 6.33. The summed E-state index contributed by atoms with van der Waals surface area (Å²) in [5, 5.41) is 4.28. The maximum absolute atomic E-state index is 6.33. The van der Waals surface area contributed by atoms with Gasteiger partial charge in [-0.25, -0.2) is 0 Å². The zero-order chi connectivity index (χ0) is 18.3. The van der Waals surface area contributed by atoms with E-state index in [0.29, 0.717) is 6.54 Å². The Hall–Kier alpha value is -0.763. The molecule has 0 aliphatic heterocycles. The summed E-state index contributed by atoms with van der Waals surface area (Å²) in [5.41, 5.74) is 6.95. The fourth-order valence-corrected chi connectivity index (χ4v) is 5.72. The summed E-state index contributed by atoms with van der Waals surface area (Å²) >= 11 is 0. The average molecular weight is 355 g/mol. The van der Waals surface area contributed by atoms with Crippen LogP contribution in [0.3, 0.4) is 0 Å². The molecule has 0 saturated heterocycles. The molecular formula is C18H34N2O3Si. The van der Waals surface area contributed by atoms with Crippen molar-refractivity contribution in [3.63, 3.8) is 0 Å². The van der Waals surface area contributed by atoms with Crippen molar-refractivity contribution < 1.29 is 13.3 Å². The zero-order valence-corrected chi connectivity index (χ0v) is 17.1. The minimum atomic E-state index is -3.06. The Morgan fingerprint density at radius 1 is 0.875 bits per heavy atom. The Kier molecular flexibility index (Phi) is 8.56. The summed E-state index contributed by atoms with van der Waals surface area (Å²) in [6.07, 6.45) is -0.0759.